The Labute approximate surface area is 115 Å². The van der Waals surface area contributed by atoms with Crippen LogP contribution in [0, 0.1) is 11.6 Å². The van der Waals surface area contributed by atoms with Crippen LogP contribution in [0.5, 0.6) is 11.5 Å². The quantitative estimate of drug-likeness (QED) is 0.933. The highest BCUT2D eigenvalue weighted by Crippen LogP contribution is 2.32. The summed E-state index contributed by atoms with van der Waals surface area (Å²) in [6.07, 6.45) is 0. The maximum absolute atomic E-state index is 13.1. The van der Waals surface area contributed by atoms with Gasteiger partial charge in [-0.3, -0.25) is 0 Å². The van der Waals surface area contributed by atoms with E-state index >= 15 is 0 Å². The van der Waals surface area contributed by atoms with Crippen LogP contribution in [0.1, 0.15) is 5.56 Å². The molecular formula is C15H13F2NO2. The van der Waals surface area contributed by atoms with Crippen LogP contribution in [0.4, 0.5) is 14.5 Å². The highest BCUT2D eigenvalue weighted by atomic mass is 19.2. The fourth-order valence-electron chi connectivity index (χ4n) is 2.01. The van der Waals surface area contributed by atoms with Gasteiger partial charge in [0.05, 0.1) is 0 Å². The van der Waals surface area contributed by atoms with Gasteiger partial charge >= 0.3 is 0 Å². The Kier molecular flexibility index (Phi) is 3.41. The van der Waals surface area contributed by atoms with Gasteiger partial charge in [0, 0.05) is 18.3 Å². The number of halogens is 2. The Hall–Kier alpha value is -2.30. The second-order valence-corrected chi connectivity index (χ2v) is 4.46. The number of rotatable bonds is 3. The maximum Gasteiger partial charge on any atom is 0.163 e. The molecule has 0 unspecified atom stereocenters. The van der Waals surface area contributed by atoms with E-state index in [0.29, 0.717) is 31.1 Å². The van der Waals surface area contributed by atoms with E-state index in [-0.39, 0.29) is 0 Å². The van der Waals surface area contributed by atoms with Gasteiger partial charge in [-0.05, 0) is 29.8 Å². The molecule has 0 aliphatic carbocycles. The number of fused-ring (bicyclic) bond motifs is 1. The van der Waals surface area contributed by atoms with Crippen LogP contribution in [0.25, 0.3) is 0 Å². The van der Waals surface area contributed by atoms with Gasteiger partial charge in [-0.15, -0.1) is 0 Å². The molecule has 0 fully saturated rings. The van der Waals surface area contributed by atoms with Crippen molar-refractivity contribution in [2.45, 2.75) is 6.54 Å². The van der Waals surface area contributed by atoms with Crippen molar-refractivity contribution in [2.75, 3.05) is 18.5 Å². The largest absolute Gasteiger partial charge is 0.486 e. The van der Waals surface area contributed by atoms with Gasteiger partial charge in [0.1, 0.15) is 13.2 Å². The molecule has 1 N–H and O–H groups in total. The van der Waals surface area contributed by atoms with Crippen LogP contribution < -0.4 is 14.8 Å². The summed E-state index contributed by atoms with van der Waals surface area (Å²) in [5.74, 6) is -0.277. The van der Waals surface area contributed by atoms with Crippen molar-refractivity contribution in [1.82, 2.24) is 0 Å². The third-order valence-electron chi connectivity index (χ3n) is 3.02. The molecule has 0 bridgehead atoms. The maximum atomic E-state index is 13.1. The first-order valence-corrected chi connectivity index (χ1v) is 6.30. The van der Waals surface area contributed by atoms with Gasteiger partial charge in [-0.1, -0.05) is 6.07 Å². The zero-order valence-corrected chi connectivity index (χ0v) is 10.7. The predicted molar refractivity (Wildman–Crippen MR) is 71.1 cm³/mol. The molecule has 0 spiro atoms. The van der Waals surface area contributed by atoms with Crippen LogP contribution in [0.15, 0.2) is 36.4 Å². The van der Waals surface area contributed by atoms with Crippen LogP contribution in [0.2, 0.25) is 0 Å². The van der Waals surface area contributed by atoms with Gasteiger partial charge < -0.3 is 14.8 Å². The molecular weight excluding hydrogens is 264 g/mol. The van der Waals surface area contributed by atoms with E-state index in [1.54, 1.807) is 6.07 Å². The van der Waals surface area contributed by atoms with E-state index in [1.165, 1.54) is 6.07 Å². The second kappa shape index (κ2) is 5.36. The van der Waals surface area contributed by atoms with Crippen molar-refractivity contribution in [3.63, 3.8) is 0 Å². The van der Waals surface area contributed by atoms with Crippen LogP contribution in [-0.2, 0) is 6.54 Å². The Morgan fingerprint density at radius 2 is 1.70 bits per heavy atom. The molecule has 2 aromatic rings. The van der Waals surface area contributed by atoms with E-state index in [0.717, 1.165) is 17.5 Å². The SMILES string of the molecule is Fc1ccc(CNc2ccc3c(c2)OCCO3)cc1F. The van der Waals surface area contributed by atoms with Crippen LogP contribution in [-0.4, -0.2) is 13.2 Å². The summed E-state index contributed by atoms with van der Waals surface area (Å²) in [6, 6.07) is 9.35. The molecule has 1 aliphatic heterocycles. The highest BCUT2D eigenvalue weighted by Gasteiger charge is 2.11. The average Bonchev–Trinajstić information content (AvgIpc) is 2.48. The van der Waals surface area contributed by atoms with Crippen molar-refractivity contribution >= 4 is 5.69 Å². The van der Waals surface area contributed by atoms with E-state index in [4.69, 9.17) is 9.47 Å². The van der Waals surface area contributed by atoms with Gasteiger partial charge in [0.15, 0.2) is 23.1 Å². The fourth-order valence-corrected chi connectivity index (χ4v) is 2.01. The fraction of sp³-hybridized carbons (Fsp3) is 0.200. The van der Waals surface area contributed by atoms with Crippen LogP contribution in [0.3, 0.4) is 0 Å². The molecule has 0 saturated carbocycles. The molecule has 0 atom stereocenters. The number of benzene rings is 2. The Bertz CT molecular complexity index is 631. The third-order valence-corrected chi connectivity index (χ3v) is 3.02. The molecule has 0 amide bonds. The van der Waals surface area contributed by atoms with Crippen molar-refractivity contribution in [3.8, 4) is 11.5 Å². The van der Waals surface area contributed by atoms with Gasteiger partial charge in [-0.25, -0.2) is 8.78 Å². The number of ether oxygens (including phenoxy) is 2. The lowest BCUT2D eigenvalue weighted by Gasteiger charge is -2.19. The number of hydrogen-bond donors (Lipinski definition) is 1. The van der Waals surface area contributed by atoms with E-state index in [9.17, 15) is 8.78 Å². The molecule has 1 heterocycles. The molecule has 5 heteroatoms. The lowest BCUT2D eigenvalue weighted by Crippen LogP contribution is -2.15. The molecule has 1 aliphatic rings. The van der Waals surface area contributed by atoms with Crippen LogP contribution >= 0.6 is 0 Å². The minimum Gasteiger partial charge on any atom is -0.486 e. The van der Waals surface area contributed by atoms with E-state index in [2.05, 4.69) is 5.32 Å². The molecule has 20 heavy (non-hydrogen) atoms. The van der Waals surface area contributed by atoms with Gasteiger partial charge in [0.25, 0.3) is 0 Å². The van der Waals surface area contributed by atoms with E-state index in [1.807, 2.05) is 18.2 Å². The summed E-state index contributed by atoms with van der Waals surface area (Å²) < 4.78 is 36.8. The first kappa shape index (κ1) is 12.7. The first-order chi connectivity index (χ1) is 9.72. The lowest BCUT2D eigenvalue weighted by molar-refractivity contribution is 0.171. The minimum absolute atomic E-state index is 0.400. The van der Waals surface area contributed by atoms with Gasteiger partial charge in [-0.2, -0.15) is 0 Å². The summed E-state index contributed by atoms with van der Waals surface area (Å²) in [4.78, 5) is 0. The molecule has 3 nitrogen and oxygen atoms in total. The molecule has 0 radical (unpaired) electrons. The molecule has 2 aromatic carbocycles. The summed E-state index contributed by atoms with van der Waals surface area (Å²) in [6.45, 7) is 1.48. The lowest BCUT2D eigenvalue weighted by atomic mass is 10.2. The predicted octanol–water partition coefficient (Wildman–Crippen LogP) is 3.35. The molecule has 3 rings (SSSR count). The Morgan fingerprint density at radius 3 is 2.50 bits per heavy atom. The first-order valence-electron chi connectivity index (χ1n) is 6.30. The second-order valence-electron chi connectivity index (χ2n) is 4.46. The normalized spacial score (nSPS) is 13.1. The number of anilines is 1. The molecule has 0 saturated heterocycles. The molecule has 104 valence electrons. The summed E-state index contributed by atoms with van der Waals surface area (Å²) >= 11 is 0. The smallest absolute Gasteiger partial charge is 0.163 e. The summed E-state index contributed by atoms with van der Waals surface area (Å²) in [5, 5.41) is 3.13. The monoisotopic (exact) mass is 277 g/mol. The summed E-state index contributed by atoms with van der Waals surface area (Å²) in [5.41, 5.74) is 1.50. The number of nitrogens with one attached hydrogen (secondary N) is 1. The average molecular weight is 277 g/mol. The minimum atomic E-state index is -0.841. The molecule has 0 aromatic heterocycles. The van der Waals surface area contributed by atoms with E-state index < -0.39 is 11.6 Å². The van der Waals surface area contributed by atoms with Crippen molar-refractivity contribution in [1.29, 1.82) is 0 Å². The van der Waals surface area contributed by atoms with Crippen molar-refractivity contribution in [2.24, 2.45) is 0 Å². The van der Waals surface area contributed by atoms with Crippen molar-refractivity contribution in [3.05, 3.63) is 53.6 Å². The summed E-state index contributed by atoms with van der Waals surface area (Å²) in [7, 11) is 0. The Balaban J connectivity index is 1.70. The third kappa shape index (κ3) is 2.66. The van der Waals surface area contributed by atoms with Gasteiger partial charge in [0.2, 0.25) is 0 Å². The van der Waals surface area contributed by atoms with Crippen molar-refractivity contribution < 1.29 is 18.3 Å². The topological polar surface area (TPSA) is 30.5 Å². The highest BCUT2D eigenvalue weighted by molar-refractivity contribution is 5.55. The zero-order chi connectivity index (χ0) is 13.9. The number of hydrogen-bond acceptors (Lipinski definition) is 3. The standard InChI is InChI=1S/C15H13F2NO2/c16-12-3-1-10(7-13(12)17)9-18-11-2-4-14-15(8-11)20-6-5-19-14/h1-4,7-8,18H,5-6,9H2. The zero-order valence-electron chi connectivity index (χ0n) is 10.7. The Morgan fingerprint density at radius 1 is 0.900 bits per heavy atom.